The fraction of sp³-hybridized carbons (Fsp3) is 0.571. The lowest BCUT2D eigenvalue weighted by molar-refractivity contribution is 0.441. The number of nitrogens with one attached hydrogen (secondary N) is 1. The summed E-state index contributed by atoms with van der Waals surface area (Å²) in [5.74, 6) is 1.07. The van der Waals surface area contributed by atoms with E-state index in [1.807, 2.05) is 15.4 Å². The largest absolute Gasteiger partial charge is 0.355 e. The molecule has 0 amide bonds. The van der Waals surface area contributed by atoms with Crippen molar-refractivity contribution in [1.29, 1.82) is 0 Å². The van der Waals surface area contributed by atoms with Gasteiger partial charge in [-0.1, -0.05) is 32.1 Å². The van der Waals surface area contributed by atoms with E-state index in [-0.39, 0.29) is 5.41 Å². The molecule has 3 aromatic heterocycles. The first-order valence-corrected chi connectivity index (χ1v) is 8.30. The number of hydrogen-bond donors (Lipinski definition) is 1. The van der Waals surface area contributed by atoms with Crippen molar-refractivity contribution in [3.63, 3.8) is 0 Å². The zero-order valence-electron chi connectivity index (χ0n) is 12.9. The number of nitrogens with zero attached hydrogens (tertiary/aromatic N) is 6. The van der Waals surface area contributed by atoms with Crippen LogP contribution in [0.2, 0.25) is 0 Å². The number of fused-ring (bicyclic) bond motifs is 2. The Morgan fingerprint density at radius 3 is 3.00 bits per heavy atom. The Morgan fingerprint density at radius 1 is 1.36 bits per heavy atom. The van der Waals surface area contributed by atoms with Crippen LogP contribution in [0.15, 0.2) is 12.5 Å². The quantitative estimate of drug-likeness (QED) is 0.783. The van der Waals surface area contributed by atoms with Crippen LogP contribution in [0, 0.1) is 0 Å². The Bertz CT molecular complexity index is 775. The van der Waals surface area contributed by atoms with E-state index in [1.54, 1.807) is 17.7 Å². The van der Waals surface area contributed by atoms with Crippen molar-refractivity contribution >= 4 is 21.4 Å². The molecule has 8 heteroatoms. The molecule has 0 aliphatic carbocycles. The molecule has 1 aliphatic rings. The van der Waals surface area contributed by atoms with Gasteiger partial charge in [0.05, 0.1) is 18.4 Å². The molecular formula is C14H19N7S. The van der Waals surface area contributed by atoms with Gasteiger partial charge >= 0.3 is 0 Å². The van der Waals surface area contributed by atoms with Crippen LogP contribution in [0.1, 0.15) is 38.7 Å². The highest BCUT2D eigenvalue weighted by Crippen LogP contribution is 2.26. The van der Waals surface area contributed by atoms with Crippen LogP contribution in [0.5, 0.6) is 0 Å². The fourth-order valence-corrected chi connectivity index (χ4v) is 3.51. The average Bonchev–Trinajstić information content (AvgIpc) is 3.10. The lowest BCUT2D eigenvalue weighted by atomic mass is 9.93. The molecule has 116 valence electrons. The molecule has 0 aromatic carbocycles. The summed E-state index contributed by atoms with van der Waals surface area (Å²) in [7, 11) is 0. The molecule has 0 saturated heterocycles. The van der Waals surface area contributed by atoms with E-state index in [1.165, 1.54) is 0 Å². The van der Waals surface area contributed by atoms with Crippen molar-refractivity contribution < 1.29 is 0 Å². The SMILES string of the molecule is CC(C)(C)c1cn2nc(NC3CCc4ncnn4C3)sc2n1. The monoisotopic (exact) mass is 317 g/mol. The average molecular weight is 317 g/mol. The summed E-state index contributed by atoms with van der Waals surface area (Å²) >= 11 is 1.60. The van der Waals surface area contributed by atoms with E-state index in [2.05, 4.69) is 46.3 Å². The predicted octanol–water partition coefficient (Wildman–Crippen LogP) is 2.11. The molecule has 4 heterocycles. The third-order valence-corrected chi connectivity index (χ3v) is 4.80. The molecule has 7 nitrogen and oxygen atoms in total. The van der Waals surface area contributed by atoms with Gasteiger partial charge in [-0.3, -0.25) is 0 Å². The van der Waals surface area contributed by atoms with Crippen molar-refractivity contribution in [1.82, 2.24) is 29.4 Å². The zero-order valence-corrected chi connectivity index (χ0v) is 13.8. The smallest absolute Gasteiger partial charge is 0.214 e. The molecule has 1 N–H and O–H groups in total. The van der Waals surface area contributed by atoms with E-state index in [0.29, 0.717) is 6.04 Å². The number of rotatable bonds is 2. The molecule has 0 fully saturated rings. The van der Waals surface area contributed by atoms with E-state index < -0.39 is 0 Å². The first-order valence-electron chi connectivity index (χ1n) is 7.49. The van der Waals surface area contributed by atoms with Gasteiger partial charge in [0.15, 0.2) is 0 Å². The number of hydrogen-bond acceptors (Lipinski definition) is 6. The minimum Gasteiger partial charge on any atom is -0.355 e. The topological polar surface area (TPSA) is 72.9 Å². The Morgan fingerprint density at radius 2 is 2.23 bits per heavy atom. The fourth-order valence-electron chi connectivity index (χ4n) is 2.65. The number of aromatic nitrogens is 6. The van der Waals surface area contributed by atoms with Crippen LogP contribution in [-0.2, 0) is 18.4 Å². The van der Waals surface area contributed by atoms with Crippen LogP contribution in [0.3, 0.4) is 0 Å². The molecule has 1 unspecified atom stereocenters. The van der Waals surface area contributed by atoms with Gasteiger partial charge < -0.3 is 5.32 Å². The Kier molecular flexibility index (Phi) is 2.97. The first-order chi connectivity index (χ1) is 10.5. The minimum absolute atomic E-state index is 0.0495. The summed E-state index contributed by atoms with van der Waals surface area (Å²) in [6.07, 6.45) is 5.65. The van der Waals surface area contributed by atoms with Gasteiger partial charge in [-0.05, 0) is 6.42 Å². The normalized spacial score (nSPS) is 18.6. The van der Waals surface area contributed by atoms with Gasteiger partial charge in [0.2, 0.25) is 10.1 Å². The highest BCUT2D eigenvalue weighted by atomic mass is 32.1. The lowest BCUT2D eigenvalue weighted by Gasteiger charge is -2.22. The van der Waals surface area contributed by atoms with Crippen molar-refractivity contribution in [2.75, 3.05) is 5.32 Å². The maximum atomic E-state index is 4.68. The molecular weight excluding hydrogens is 298 g/mol. The molecule has 4 rings (SSSR count). The van der Waals surface area contributed by atoms with Crippen molar-refractivity contribution in [3.05, 3.63) is 24.0 Å². The van der Waals surface area contributed by atoms with Gasteiger partial charge in [-0.25, -0.2) is 19.2 Å². The summed E-state index contributed by atoms with van der Waals surface area (Å²) in [6, 6.07) is 0.340. The number of aryl methyl sites for hydroxylation is 1. The van der Waals surface area contributed by atoms with E-state index in [4.69, 9.17) is 0 Å². The molecule has 0 spiro atoms. The Hall–Kier alpha value is -1.96. The van der Waals surface area contributed by atoms with Crippen LogP contribution in [-0.4, -0.2) is 35.4 Å². The summed E-state index contributed by atoms with van der Waals surface area (Å²) in [4.78, 5) is 9.87. The molecule has 1 atom stereocenters. The number of imidazole rings is 1. The van der Waals surface area contributed by atoms with Crippen LogP contribution >= 0.6 is 11.3 Å². The van der Waals surface area contributed by atoms with Crippen LogP contribution in [0.4, 0.5) is 5.13 Å². The molecule has 1 aliphatic heterocycles. The second kappa shape index (κ2) is 4.77. The third-order valence-electron chi connectivity index (χ3n) is 3.94. The second-order valence-electron chi connectivity index (χ2n) is 6.75. The summed E-state index contributed by atoms with van der Waals surface area (Å²) < 4.78 is 3.84. The highest BCUT2D eigenvalue weighted by Gasteiger charge is 2.22. The molecule has 0 radical (unpaired) electrons. The summed E-state index contributed by atoms with van der Waals surface area (Å²) in [5.41, 5.74) is 1.12. The highest BCUT2D eigenvalue weighted by molar-refractivity contribution is 7.20. The lowest BCUT2D eigenvalue weighted by Crippen LogP contribution is -2.31. The first kappa shape index (κ1) is 13.7. The van der Waals surface area contributed by atoms with Crippen LogP contribution < -0.4 is 5.32 Å². The Balaban J connectivity index is 1.52. The standard InChI is InChI=1S/C14H19N7S/c1-14(2,3)10-7-21-13(18-10)22-12(19-21)17-9-4-5-11-15-8-16-20(11)6-9/h7-9H,4-6H2,1-3H3,(H,17,19). The van der Waals surface area contributed by atoms with Gasteiger partial charge in [-0.15, -0.1) is 5.10 Å². The zero-order chi connectivity index (χ0) is 15.3. The van der Waals surface area contributed by atoms with Crippen molar-refractivity contribution in [2.45, 2.75) is 51.6 Å². The maximum Gasteiger partial charge on any atom is 0.214 e. The minimum atomic E-state index is 0.0495. The predicted molar refractivity (Wildman–Crippen MR) is 85.3 cm³/mol. The maximum absolute atomic E-state index is 4.68. The number of anilines is 1. The van der Waals surface area contributed by atoms with Gasteiger partial charge in [-0.2, -0.15) is 5.10 Å². The summed E-state index contributed by atoms with van der Waals surface area (Å²) in [5, 5.41) is 13.3. The van der Waals surface area contributed by atoms with Crippen molar-refractivity contribution in [2.24, 2.45) is 0 Å². The second-order valence-corrected chi connectivity index (χ2v) is 7.70. The Labute approximate surface area is 132 Å². The van der Waals surface area contributed by atoms with E-state index >= 15 is 0 Å². The summed E-state index contributed by atoms with van der Waals surface area (Å²) in [6.45, 7) is 7.33. The van der Waals surface area contributed by atoms with Crippen molar-refractivity contribution in [3.8, 4) is 0 Å². The molecule has 22 heavy (non-hydrogen) atoms. The molecule has 0 saturated carbocycles. The molecule has 0 bridgehead atoms. The van der Waals surface area contributed by atoms with E-state index in [9.17, 15) is 0 Å². The third kappa shape index (κ3) is 2.37. The van der Waals surface area contributed by atoms with Gasteiger partial charge in [0.1, 0.15) is 12.2 Å². The molecule has 3 aromatic rings. The van der Waals surface area contributed by atoms with E-state index in [0.717, 1.165) is 41.0 Å². The van der Waals surface area contributed by atoms with Gasteiger partial charge in [0.25, 0.3) is 0 Å². The van der Waals surface area contributed by atoms with Crippen LogP contribution in [0.25, 0.3) is 4.96 Å². The van der Waals surface area contributed by atoms with Gasteiger partial charge in [0, 0.05) is 17.9 Å².